The minimum atomic E-state index is -0.349. The average Bonchev–Trinajstić information content (AvgIpc) is 1.83. The summed E-state index contributed by atoms with van der Waals surface area (Å²) < 4.78 is 0. The Hall–Kier alpha value is -0.120. The van der Waals surface area contributed by atoms with E-state index in [0.29, 0.717) is 13.1 Å². The third-order valence-electron chi connectivity index (χ3n) is 1.01. The Balaban J connectivity index is 2.86. The Morgan fingerprint density at radius 3 is 2.38 bits per heavy atom. The first-order chi connectivity index (χ1) is 3.81. The van der Waals surface area contributed by atoms with Gasteiger partial charge in [0.2, 0.25) is 0 Å². The fourth-order valence-electron chi connectivity index (χ4n) is 0.471. The van der Waals surface area contributed by atoms with Crippen molar-refractivity contribution in [3.63, 3.8) is 0 Å². The lowest BCUT2D eigenvalue weighted by Gasteiger charge is -2.03. The SMILES string of the molecule is NCCC[C@@H](O)CN. The van der Waals surface area contributed by atoms with E-state index in [1.54, 1.807) is 0 Å². The third-order valence-corrected chi connectivity index (χ3v) is 1.01. The molecule has 0 aliphatic carbocycles. The molecule has 0 radical (unpaired) electrons. The molecule has 0 heterocycles. The second kappa shape index (κ2) is 5.03. The van der Waals surface area contributed by atoms with Gasteiger partial charge in [-0.2, -0.15) is 0 Å². The smallest absolute Gasteiger partial charge is 0.0662 e. The van der Waals surface area contributed by atoms with E-state index in [4.69, 9.17) is 16.6 Å². The van der Waals surface area contributed by atoms with Gasteiger partial charge in [0.05, 0.1) is 6.10 Å². The van der Waals surface area contributed by atoms with Crippen LogP contribution in [0.3, 0.4) is 0 Å². The van der Waals surface area contributed by atoms with E-state index >= 15 is 0 Å². The van der Waals surface area contributed by atoms with Crippen LogP contribution in [0.4, 0.5) is 0 Å². The molecule has 0 aliphatic rings. The van der Waals surface area contributed by atoms with Gasteiger partial charge < -0.3 is 16.6 Å². The molecule has 3 heteroatoms. The van der Waals surface area contributed by atoms with Crippen molar-refractivity contribution in [2.45, 2.75) is 18.9 Å². The van der Waals surface area contributed by atoms with Crippen molar-refractivity contribution in [2.24, 2.45) is 11.5 Å². The predicted molar refractivity (Wildman–Crippen MR) is 33.3 cm³/mol. The number of aliphatic hydroxyl groups is 1. The number of nitrogens with two attached hydrogens (primary N) is 2. The molecule has 0 saturated carbocycles. The van der Waals surface area contributed by atoms with Crippen molar-refractivity contribution in [1.29, 1.82) is 0 Å². The van der Waals surface area contributed by atoms with Gasteiger partial charge in [-0.05, 0) is 19.4 Å². The van der Waals surface area contributed by atoms with Gasteiger partial charge in [0.15, 0.2) is 0 Å². The predicted octanol–water partition coefficient (Wildman–Crippen LogP) is -0.955. The van der Waals surface area contributed by atoms with Gasteiger partial charge in [0.25, 0.3) is 0 Å². The van der Waals surface area contributed by atoms with E-state index in [9.17, 15) is 0 Å². The largest absolute Gasteiger partial charge is 0.392 e. The Labute approximate surface area is 49.7 Å². The minimum Gasteiger partial charge on any atom is -0.392 e. The van der Waals surface area contributed by atoms with E-state index in [0.717, 1.165) is 12.8 Å². The maximum absolute atomic E-state index is 8.81. The lowest BCUT2D eigenvalue weighted by molar-refractivity contribution is 0.171. The van der Waals surface area contributed by atoms with Crippen LogP contribution in [0.15, 0.2) is 0 Å². The number of aliphatic hydroxyl groups excluding tert-OH is 1. The third kappa shape index (κ3) is 4.05. The second-order valence-electron chi connectivity index (χ2n) is 1.82. The Morgan fingerprint density at radius 2 is 2.00 bits per heavy atom. The highest BCUT2D eigenvalue weighted by atomic mass is 16.3. The normalized spacial score (nSPS) is 13.9. The summed E-state index contributed by atoms with van der Waals surface area (Å²) in [5.41, 5.74) is 10.3. The van der Waals surface area contributed by atoms with Crippen LogP contribution in [0, 0.1) is 0 Å². The van der Waals surface area contributed by atoms with Crippen LogP contribution in [0.1, 0.15) is 12.8 Å². The van der Waals surface area contributed by atoms with E-state index in [-0.39, 0.29) is 6.10 Å². The van der Waals surface area contributed by atoms with Gasteiger partial charge in [-0.25, -0.2) is 0 Å². The molecular formula is C5H14N2O. The molecule has 0 aromatic heterocycles. The molecule has 0 fully saturated rings. The first-order valence-electron chi connectivity index (χ1n) is 2.89. The van der Waals surface area contributed by atoms with E-state index in [1.807, 2.05) is 0 Å². The highest BCUT2D eigenvalue weighted by molar-refractivity contribution is 4.54. The maximum Gasteiger partial charge on any atom is 0.0662 e. The Morgan fingerprint density at radius 1 is 1.38 bits per heavy atom. The Bertz CT molecular complexity index is 49.7. The molecule has 0 bridgehead atoms. The van der Waals surface area contributed by atoms with E-state index in [2.05, 4.69) is 0 Å². The number of hydrogen-bond acceptors (Lipinski definition) is 3. The molecule has 50 valence electrons. The van der Waals surface area contributed by atoms with Crippen molar-refractivity contribution in [2.75, 3.05) is 13.1 Å². The minimum absolute atomic E-state index is 0.347. The summed E-state index contributed by atoms with van der Waals surface area (Å²) in [5.74, 6) is 0. The average molecular weight is 118 g/mol. The van der Waals surface area contributed by atoms with Crippen LogP contribution >= 0.6 is 0 Å². The zero-order valence-electron chi connectivity index (χ0n) is 5.01. The van der Waals surface area contributed by atoms with Crippen molar-refractivity contribution < 1.29 is 5.11 Å². The van der Waals surface area contributed by atoms with Crippen LogP contribution in [0.5, 0.6) is 0 Å². The molecule has 1 atom stereocenters. The molecule has 0 spiro atoms. The zero-order valence-corrected chi connectivity index (χ0v) is 5.01. The van der Waals surface area contributed by atoms with Gasteiger partial charge in [-0.3, -0.25) is 0 Å². The van der Waals surface area contributed by atoms with Crippen LogP contribution in [0.25, 0.3) is 0 Å². The summed E-state index contributed by atoms with van der Waals surface area (Å²) in [5, 5.41) is 8.81. The Kier molecular flexibility index (Phi) is 4.95. The second-order valence-corrected chi connectivity index (χ2v) is 1.82. The highest BCUT2D eigenvalue weighted by Gasteiger charge is 1.96. The zero-order chi connectivity index (χ0) is 6.41. The summed E-state index contributed by atoms with van der Waals surface area (Å²) in [6.07, 6.45) is 1.24. The van der Waals surface area contributed by atoms with E-state index in [1.165, 1.54) is 0 Å². The summed E-state index contributed by atoms with van der Waals surface area (Å²) in [6, 6.07) is 0. The number of rotatable bonds is 4. The molecular weight excluding hydrogens is 104 g/mol. The van der Waals surface area contributed by atoms with Gasteiger partial charge in [-0.15, -0.1) is 0 Å². The summed E-state index contributed by atoms with van der Waals surface area (Å²) in [6.45, 7) is 0.983. The molecule has 0 aromatic carbocycles. The van der Waals surface area contributed by atoms with Gasteiger partial charge >= 0.3 is 0 Å². The molecule has 0 unspecified atom stereocenters. The van der Waals surface area contributed by atoms with Crippen molar-refractivity contribution >= 4 is 0 Å². The molecule has 0 aromatic rings. The van der Waals surface area contributed by atoms with Crippen molar-refractivity contribution in [1.82, 2.24) is 0 Å². The lowest BCUT2D eigenvalue weighted by atomic mass is 10.2. The first-order valence-corrected chi connectivity index (χ1v) is 2.89. The summed E-state index contributed by atoms with van der Waals surface area (Å²) >= 11 is 0. The quantitative estimate of drug-likeness (QED) is 0.445. The highest BCUT2D eigenvalue weighted by Crippen LogP contribution is 1.91. The van der Waals surface area contributed by atoms with Gasteiger partial charge in [0, 0.05) is 6.54 Å². The van der Waals surface area contributed by atoms with Crippen molar-refractivity contribution in [3.8, 4) is 0 Å². The van der Waals surface area contributed by atoms with Crippen molar-refractivity contribution in [3.05, 3.63) is 0 Å². The molecule has 0 amide bonds. The van der Waals surface area contributed by atoms with Crippen LogP contribution < -0.4 is 11.5 Å². The van der Waals surface area contributed by atoms with Crippen LogP contribution in [-0.4, -0.2) is 24.3 Å². The van der Waals surface area contributed by atoms with Gasteiger partial charge in [-0.1, -0.05) is 0 Å². The molecule has 8 heavy (non-hydrogen) atoms. The van der Waals surface area contributed by atoms with Crippen LogP contribution in [-0.2, 0) is 0 Å². The summed E-state index contributed by atoms with van der Waals surface area (Å²) in [4.78, 5) is 0. The van der Waals surface area contributed by atoms with Crippen LogP contribution in [0.2, 0.25) is 0 Å². The topological polar surface area (TPSA) is 72.3 Å². The fourth-order valence-corrected chi connectivity index (χ4v) is 0.471. The van der Waals surface area contributed by atoms with Gasteiger partial charge in [0.1, 0.15) is 0 Å². The van der Waals surface area contributed by atoms with E-state index < -0.39 is 0 Å². The molecule has 0 saturated heterocycles. The number of hydrogen-bond donors (Lipinski definition) is 3. The fraction of sp³-hybridized carbons (Fsp3) is 1.00. The molecule has 3 nitrogen and oxygen atoms in total. The molecule has 5 N–H and O–H groups in total. The monoisotopic (exact) mass is 118 g/mol. The standard InChI is InChI=1S/C5H14N2O/c6-3-1-2-5(8)4-7/h5,8H,1-4,6-7H2/t5-/m1/s1. The first kappa shape index (κ1) is 7.88. The molecule has 0 aliphatic heterocycles. The molecule has 0 rings (SSSR count). The summed E-state index contributed by atoms with van der Waals surface area (Å²) in [7, 11) is 0. The maximum atomic E-state index is 8.81. The lowest BCUT2D eigenvalue weighted by Crippen LogP contribution is -2.20.